The Hall–Kier alpha value is -3.91. The summed E-state index contributed by atoms with van der Waals surface area (Å²) >= 11 is 0. The van der Waals surface area contributed by atoms with Crippen LogP contribution in [-0.2, 0) is 0 Å². The standard InChI is InChI=1S/C21H13N5/c22-11-14-1-3-15(4-2-14)16-6-8-26-20(10-16)19(13-25-26)18-9-17-5-7-23-21(17)24-12-18/h1-10,12-13H,(H,23,24). The number of nitriles is 1. The van der Waals surface area contributed by atoms with Gasteiger partial charge < -0.3 is 4.98 Å². The third kappa shape index (κ3) is 2.25. The number of pyridine rings is 2. The summed E-state index contributed by atoms with van der Waals surface area (Å²) in [6, 6.07) is 18.0. The molecule has 0 amide bonds. The first-order chi connectivity index (χ1) is 12.8. The van der Waals surface area contributed by atoms with Gasteiger partial charge in [-0.1, -0.05) is 12.1 Å². The number of nitrogens with one attached hydrogen (secondary N) is 1. The van der Waals surface area contributed by atoms with Crippen LogP contribution in [0.2, 0.25) is 0 Å². The van der Waals surface area contributed by atoms with Gasteiger partial charge in [-0.05, 0) is 47.5 Å². The van der Waals surface area contributed by atoms with Crippen LogP contribution in [0.25, 0.3) is 38.8 Å². The van der Waals surface area contributed by atoms with Crippen molar-refractivity contribution in [3.8, 4) is 28.3 Å². The molecule has 26 heavy (non-hydrogen) atoms. The molecule has 5 nitrogen and oxygen atoms in total. The van der Waals surface area contributed by atoms with Crippen LogP contribution >= 0.6 is 0 Å². The third-order valence-corrected chi connectivity index (χ3v) is 4.58. The fourth-order valence-corrected chi connectivity index (χ4v) is 3.21. The van der Waals surface area contributed by atoms with Crippen LogP contribution in [-0.4, -0.2) is 19.6 Å². The van der Waals surface area contributed by atoms with E-state index in [1.807, 2.05) is 65.7 Å². The Bertz CT molecular complexity index is 1290. The minimum absolute atomic E-state index is 0.658. The Morgan fingerprint density at radius 2 is 1.81 bits per heavy atom. The molecule has 0 radical (unpaired) electrons. The maximum absolute atomic E-state index is 8.96. The molecule has 5 rings (SSSR count). The average molecular weight is 335 g/mol. The molecule has 0 saturated carbocycles. The second-order valence-electron chi connectivity index (χ2n) is 6.13. The van der Waals surface area contributed by atoms with Crippen LogP contribution in [0.3, 0.4) is 0 Å². The number of aromatic nitrogens is 4. The van der Waals surface area contributed by atoms with Gasteiger partial charge in [-0.15, -0.1) is 0 Å². The molecule has 5 aromatic rings. The summed E-state index contributed by atoms with van der Waals surface area (Å²) in [4.78, 5) is 7.59. The predicted octanol–water partition coefficient (Wildman–Crippen LogP) is 4.42. The largest absolute Gasteiger partial charge is 0.346 e. The van der Waals surface area contributed by atoms with Gasteiger partial charge >= 0.3 is 0 Å². The zero-order valence-electron chi connectivity index (χ0n) is 13.7. The number of hydrogen-bond acceptors (Lipinski definition) is 3. The van der Waals surface area contributed by atoms with Crippen LogP contribution in [0, 0.1) is 11.3 Å². The van der Waals surface area contributed by atoms with Crippen molar-refractivity contribution in [2.75, 3.05) is 0 Å². The van der Waals surface area contributed by atoms with Crippen molar-refractivity contribution in [2.24, 2.45) is 0 Å². The molecule has 0 fully saturated rings. The maximum atomic E-state index is 8.96. The van der Waals surface area contributed by atoms with Crippen LogP contribution in [0.1, 0.15) is 5.56 Å². The van der Waals surface area contributed by atoms with Gasteiger partial charge in [0.25, 0.3) is 0 Å². The lowest BCUT2D eigenvalue weighted by atomic mass is 10.0. The van der Waals surface area contributed by atoms with E-state index in [9.17, 15) is 0 Å². The summed E-state index contributed by atoms with van der Waals surface area (Å²) in [5, 5.41) is 14.5. The van der Waals surface area contributed by atoms with Gasteiger partial charge in [-0.2, -0.15) is 10.4 Å². The Labute approximate surface area is 149 Å². The van der Waals surface area contributed by atoms with Gasteiger partial charge in [0, 0.05) is 35.1 Å². The monoisotopic (exact) mass is 335 g/mol. The van der Waals surface area contributed by atoms with Crippen molar-refractivity contribution in [1.82, 2.24) is 19.6 Å². The van der Waals surface area contributed by atoms with Crippen LogP contribution in [0.4, 0.5) is 0 Å². The Morgan fingerprint density at radius 3 is 2.65 bits per heavy atom. The van der Waals surface area contributed by atoms with Gasteiger partial charge in [0.15, 0.2) is 0 Å². The number of fused-ring (bicyclic) bond motifs is 2. The highest BCUT2D eigenvalue weighted by molar-refractivity contribution is 5.87. The van der Waals surface area contributed by atoms with E-state index in [0.29, 0.717) is 5.56 Å². The van der Waals surface area contributed by atoms with Crippen molar-refractivity contribution in [3.05, 3.63) is 78.9 Å². The summed E-state index contributed by atoms with van der Waals surface area (Å²) in [6.45, 7) is 0. The van der Waals surface area contributed by atoms with E-state index in [1.165, 1.54) is 0 Å². The molecule has 1 aromatic carbocycles. The van der Waals surface area contributed by atoms with Crippen molar-refractivity contribution in [1.29, 1.82) is 5.26 Å². The van der Waals surface area contributed by atoms with Crippen molar-refractivity contribution >= 4 is 16.6 Å². The van der Waals surface area contributed by atoms with E-state index in [1.54, 1.807) is 0 Å². The molecule has 0 unspecified atom stereocenters. The van der Waals surface area contributed by atoms with Crippen molar-refractivity contribution in [3.63, 3.8) is 0 Å². The van der Waals surface area contributed by atoms with Gasteiger partial charge in [-0.25, -0.2) is 9.50 Å². The molecule has 0 aliphatic rings. The zero-order valence-corrected chi connectivity index (χ0v) is 13.7. The molecule has 4 heterocycles. The highest BCUT2D eigenvalue weighted by Gasteiger charge is 2.10. The average Bonchev–Trinajstić information content (AvgIpc) is 3.33. The SMILES string of the molecule is N#Cc1ccc(-c2ccn3ncc(-c4cnc5[nH]ccc5c4)c3c2)cc1. The molecule has 0 bridgehead atoms. The van der Waals surface area contributed by atoms with Crippen molar-refractivity contribution in [2.45, 2.75) is 0 Å². The summed E-state index contributed by atoms with van der Waals surface area (Å²) in [7, 11) is 0. The summed E-state index contributed by atoms with van der Waals surface area (Å²) in [5.74, 6) is 0. The normalized spacial score (nSPS) is 11.0. The molecule has 1 N–H and O–H groups in total. The summed E-state index contributed by atoms with van der Waals surface area (Å²) in [5.41, 5.74) is 6.77. The fourth-order valence-electron chi connectivity index (χ4n) is 3.21. The molecule has 0 aliphatic heterocycles. The molecular formula is C21H13N5. The summed E-state index contributed by atoms with van der Waals surface area (Å²) in [6.07, 6.45) is 7.58. The van der Waals surface area contributed by atoms with Gasteiger partial charge in [-0.3, -0.25) is 0 Å². The van der Waals surface area contributed by atoms with E-state index in [2.05, 4.69) is 33.3 Å². The van der Waals surface area contributed by atoms with E-state index in [0.717, 1.165) is 38.8 Å². The van der Waals surface area contributed by atoms with Gasteiger partial charge in [0.2, 0.25) is 0 Å². The highest BCUT2D eigenvalue weighted by atomic mass is 15.2. The first-order valence-corrected chi connectivity index (χ1v) is 8.23. The van der Waals surface area contributed by atoms with E-state index in [4.69, 9.17) is 5.26 Å². The Kier molecular flexibility index (Phi) is 3.09. The molecule has 4 aromatic heterocycles. The Balaban J connectivity index is 1.65. The minimum atomic E-state index is 0.658. The van der Waals surface area contributed by atoms with Crippen molar-refractivity contribution < 1.29 is 0 Å². The molecule has 0 atom stereocenters. The number of hydrogen-bond donors (Lipinski definition) is 1. The smallest absolute Gasteiger partial charge is 0.137 e. The molecular weight excluding hydrogens is 322 g/mol. The van der Waals surface area contributed by atoms with Gasteiger partial charge in [0.05, 0.1) is 23.3 Å². The molecule has 0 spiro atoms. The second kappa shape index (κ2) is 5.57. The quantitative estimate of drug-likeness (QED) is 0.519. The van der Waals surface area contributed by atoms with E-state index >= 15 is 0 Å². The van der Waals surface area contributed by atoms with E-state index < -0.39 is 0 Å². The number of aromatic amines is 1. The summed E-state index contributed by atoms with van der Waals surface area (Å²) < 4.78 is 1.86. The first-order valence-electron chi connectivity index (χ1n) is 8.23. The predicted molar refractivity (Wildman–Crippen MR) is 100 cm³/mol. The van der Waals surface area contributed by atoms with E-state index in [-0.39, 0.29) is 0 Å². The minimum Gasteiger partial charge on any atom is -0.346 e. The topological polar surface area (TPSA) is 69.8 Å². The number of rotatable bonds is 2. The number of H-pyrrole nitrogens is 1. The molecule has 122 valence electrons. The lowest BCUT2D eigenvalue weighted by molar-refractivity contribution is 0.962. The number of benzene rings is 1. The lowest BCUT2D eigenvalue weighted by Gasteiger charge is -2.05. The highest BCUT2D eigenvalue weighted by Crippen LogP contribution is 2.29. The Morgan fingerprint density at radius 1 is 0.923 bits per heavy atom. The zero-order chi connectivity index (χ0) is 17.5. The third-order valence-electron chi connectivity index (χ3n) is 4.58. The molecule has 5 heteroatoms. The maximum Gasteiger partial charge on any atom is 0.137 e. The lowest BCUT2D eigenvalue weighted by Crippen LogP contribution is -1.88. The van der Waals surface area contributed by atoms with Crippen LogP contribution in [0.5, 0.6) is 0 Å². The first kappa shape index (κ1) is 14.4. The number of nitrogens with zero attached hydrogens (tertiary/aromatic N) is 4. The fraction of sp³-hybridized carbons (Fsp3) is 0. The van der Waals surface area contributed by atoms with Gasteiger partial charge in [0.1, 0.15) is 5.65 Å². The molecule has 0 saturated heterocycles. The van der Waals surface area contributed by atoms with Crippen LogP contribution < -0.4 is 0 Å². The molecule has 0 aliphatic carbocycles. The second-order valence-corrected chi connectivity index (χ2v) is 6.13. The van der Waals surface area contributed by atoms with Crippen LogP contribution in [0.15, 0.2) is 73.3 Å².